The van der Waals surface area contributed by atoms with E-state index in [1.807, 2.05) is 36.4 Å². The standard InChI is InChI=1S/C11H15N.C10H9NO2/c1-11(2)8-12-7-9-5-3-4-6-10(9)11;12-10(13)11-7-3-5-8-4-1-2-6-9(8)11/h3-6,12H,7-8H2,1-2H3;1-6H,7H2,(H,12,13). The van der Waals surface area contributed by atoms with E-state index >= 15 is 0 Å². The quantitative estimate of drug-likeness (QED) is 0.755. The van der Waals surface area contributed by atoms with Gasteiger partial charge in [-0.15, -0.1) is 0 Å². The van der Waals surface area contributed by atoms with Crippen LogP contribution in [0, 0.1) is 0 Å². The van der Waals surface area contributed by atoms with E-state index in [0.717, 1.165) is 24.3 Å². The van der Waals surface area contributed by atoms with E-state index in [1.54, 1.807) is 0 Å². The molecule has 4 nitrogen and oxygen atoms in total. The van der Waals surface area contributed by atoms with Gasteiger partial charge in [0, 0.05) is 25.0 Å². The normalized spacial score (nSPS) is 17.0. The molecular formula is C21H24N2O2. The Morgan fingerprint density at radius 2 is 1.84 bits per heavy atom. The number of fused-ring (bicyclic) bond motifs is 2. The second-order valence-electron chi connectivity index (χ2n) is 7.00. The molecule has 2 aromatic rings. The van der Waals surface area contributed by atoms with Crippen LogP contribution in [-0.2, 0) is 12.0 Å². The van der Waals surface area contributed by atoms with Gasteiger partial charge in [0.05, 0.1) is 5.69 Å². The second kappa shape index (κ2) is 7.11. The number of hydrogen-bond donors (Lipinski definition) is 2. The molecule has 4 heteroatoms. The van der Waals surface area contributed by atoms with Gasteiger partial charge in [-0.2, -0.15) is 0 Å². The molecule has 0 atom stereocenters. The molecule has 0 bridgehead atoms. The molecule has 0 saturated heterocycles. The van der Waals surface area contributed by atoms with Gasteiger partial charge in [0.25, 0.3) is 0 Å². The van der Waals surface area contributed by atoms with Crippen LogP contribution in [0.25, 0.3) is 6.08 Å². The van der Waals surface area contributed by atoms with Gasteiger partial charge in [-0.3, -0.25) is 4.90 Å². The van der Waals surface area contributed by atoms with Gasteiger partial charge in [-0.1, -0.05) is 68.5 Å². The van der Waals surface area contributed by atoms with Gasteiger partial charge in [-0.05, 0) is 22.8 Å². The molecule has 0 saturated carbocycles. The highest BCUT2D eigenvalue weighted by atomic mass is 16.4. The van der Waals surface area contributed by atoms with Gasteiger partial charge in [0.2, 0.25) is 0 Å². The van der Waals surface area contributed by atoms with Gasteiger partial charge in [-0.25, -0.2) is 4.79 Å². The Balaban J connectivity index is 0.000000146. The number of nitrogens with zero attached hydrogens (tertiary/aromatic N) is 1. The Kier molecular flexibility index (Phi) is 4.91. The molecule has 25 heavy (non-hydrogen) atoms. The molecule has 0 spiro atoms. The highest BCUT2D eigenvalue weighted by molar-refractivity contribution is 5.91. The Morgan fingerprint density at radius 3 is 2.60 bits per heavy atom. The van der Waals surface area contributed by atoms with Crippen LogP contribution in [-0.4, -0.2) is 24.3 Å². The summed E-state index contributed by atoms with van der Waals surface area (Å²) >= 11 is 0. The summed E-state index contributed by atoms with van der Waals surface area (Å²) in [5.74, 6) is 0. The van der Waals surface area contributed by atoms with Crippen LogP contribution in [0.1, 0.15) is 30.5 Å². The van der Waals surface area contributed by atoms with E-state index in [9.17, 15) is 4.79 Å². The van der Waals surface area contributed by atoms with Crippen molar-refractivity contribution in [1.82, 2.24) is 5.32 Å². The molecule has 0 radical (unpaired) electrons. The number of amides is 1. The number of carbonyl (C=O) groups is 1. The third-order valence-electron chi connectivity index (χ3n) is 4.67. The smallest absolute Gasteiger partial charge is 0.412 e. The topological polar surface area (TPSA) is 52.6 Å². The van der Waals surface area contributed by atoms with Crippen molar-refractivity contribution >= 4 is 17.9 Å². The third-order valence-corrected chi connectivity index (χ3v) is 4.67. The second-order valence-corrected chi connectivity index (χ2v) is 7.00. The van der Waals surface area contributed by atoms with Gasteiger partial charge in [0.15, 0.2) is 0 Å². The average Bonchev–Trinajstić information content (AvgIpc) is 2.62. The van der Waals surface area contributed by atoms with E-state index < -0.39 is 6.09 Å². The van der Waals surface area contributed by atoms with Crippen molar-refractivity contribution < 1.29 is 9.90 Å². The first-order chi connectivity index (χ1) is 12.0. The van der Waals surface area contributed by atoms with Crippen LogP contribution in [0.4, 0.5) is 10.5 Å². The lowest BCUT2D eigenvalue weighted by Crippen LogP contribution is -2.38. The van der Waals surface area contributed by atoms with Gasteiger partial charge in [0.1, 0.15) is 0 Å². The summed E-state index contributed by atoms with van der Waals surface area (Å²) in [4.78, 5) is 12.1. The summed E-state index contributed by atoms with van der Waals surface area (Å²) < 4.78 is 0. The molecule has 130 valence electrons. The Hall–Kier alpha value is -2.59. The summed E-state index contributed by atoms with van der Waals surface area (Å²) in [6.07, 6.45) is 2.88. The maximum absolute atomic E-state index is 10.8. The predicted octanol–water partition coefficient (Wildman–Crippen LogP) is 4.27. The van der Waals surface area contributed by atoms with Crippen LogP contribution in [0.3, 0.4) is 0 Å². The molecular weight excluding hydrogens is 312 g/mol. The van der Waals surface area contributed by atoms with E-state index in [1.165, 1.54) is 16.0 Å². The number of para-hydroxylation sites is 1. The van der Waals surface area contributed by atoms with Crippen LogP contribution in [0.5, 0.6) is 0 Å². The summed E-state index contributed by atoms with van der Waals surface area (Å²) in [5, 5.41) is 12.3. The Morgan fingerprint density at radius 1 is 1.12 bits per heavy atom. The largest absolute Gasteiger partial charge is 0.465 e. The summed E-state index contributed by atoms with van der Waals surface area (Å²) in [6, 6.07) is 16.2. The van der Waals surface area contributed by atoms with Crippen molar-refractivity contribution in [2.24, 2.45) is 0 Å². The van der Waals surface area contributed by atoms with Crippen molar-refractivity contribution in [3.8, 4) is 0 Å². The zero-order valence-corrected chi connectivity index (χ0v) is 14.7. The number of carboxylic acid groups (broad SMARTS) is 1. The molecule has 2 heterocycles. The molecule has 0 aromatic heterocycles. The molecule has 0 aliphatic carbocycles. The number of rotatable bonds is 0. The lowest BCUT2D eigenvalue weighted by molar-refractivity contribution is 0.202. The molecule has 2 aliphatic rings. The molecule has 2 aromatic carbocycles. The van der Waals surface area contributed by atoms with Gasteiger partial charge < -0.3 is 10.4 Å². The summed E-state index contributed by atoms with van der Waals surface area (Å²) in [6.45, 7) is 7.13. The fourth-order valence-electron chi connectivity index (χ4n) is 3.38. The molecule has 2 N–H and O–H groups in total. The fraction of sp³-hybridized carbons (Fsp3) is 0.286. The van der Waals surface area contributed by atoms with Crippen LogP contribution in [0.2, 0.25) is 0 Å². The number of benzene rings is 2. The van der Waals surface area contributed by atoms with Crippen molar-refractivity contribution in [1.29, 1.82) is 0 Å². The summed E-state index contributed by atoms with van der Waals surface area (Å²) in [5.41, 5.74) is 4.97. The first-order valence-corrected chi connectivity index (χ1v) is 8.54. The van der Waals surface area contributed by atoms with Crippen molar-refractivity contribution in [3.05, 3.63) is 71.3 Å². The van der Waals surface area contributed by atoms with Gasteiger partial charge >= 0.3 is 6.09 Å². The predicted molar refractivity (Wildman–Crippen MR) is 102 cm³/mol. The van der Waals surface area contributed by atoms with E-state index in [-0.39, 0.29) is 0 Å². The lowest BCUT2D eigenvalue weighted by Gasteiger charge is -2.32. The lowest BCUT2D eigenvalue weighted by atomic mass is 9.79. The minimum atomic E-state index is -0.906. The van der Waals surface area contributed by atoms with Crippen molar-refractivity contribution in [2.45, 2.75) is 25.8 Å². The van der Waals surface area contributed by atoms with Crippen LogP contribution >= 0.6 is 0 Å². The number of hydrogen-bond acceptors (Lipinski definition) is 2. The number of nitrogens with one attached hydrogen (secondary N) is 1. The monoisotopic (exact) mass is 336 g/mol. The van der Waals surface area contributed by atoms with E-state index in [4.69, 9.17) is 5.11 Å². The molecule has 0 fully saturated rings. The molecule has 4 rings (SSSR count). The van der Waals surface area contributed by atoms with Crippen molar-refractivity contribution in [3.63, 3.8) is 0 Å². The average molecular weight is 336 g/mol. The first-order valence-electron chi connectivity index (χ1n) is 8.54. The SMILES string of the molecule is CC1(C)CNCc2ccccc21.O=C(O)N1CC=Cc2ccccc21. The Labute approximate surface area is 148 Å². The highest BCUT2D eigenvalue weighted by Crippen LogP contribution is 2.28. The maximum Gasteiger partial charge on any atom is 0.412 e. The molecule has 1 amide bonds. The van der Waals surface area contributed by atoms with Crippen LogP contribution < -0.4 is 10.2 Å². The minimum absolute atomic E-state index is 0.300. The number of anilines is 1. The summed E-state index contributed by atoms with van der Waals surface area (Å²) in [7, 11) is 0. The minimum Gasteiger partial charge on any atom is -0.465 e. The molecule has 2 aliphatic heterocycles. The van der Waals surface area contributed by atoms with Crippen LogP contribution in [0.15, 0.2) is 54.6 Å². The van der Waals surface area contributed by atoms with Crippen molar-refractivity contribution in [2.75, 3.05) is 18.0 Å². The zero-order valence-electron chi connectivity index (χ0n) is 14.7. The fourth-order valence-corrected chi connectivity index (χ4v) is 3.38. The zero-order chi connectivity index (χ0) is 17.9. The maximum atomic E-state index is 10.8. The Bertz CT molecular complexity index is 796. The van der Waals surface area contributed by atoms with E-state index in [2.05, 4.69) is 43.4 Å². The third kappa shape index (κ3) is 3.74. The highest BCUT2D eigenvalue weighted by Gasteiger charge is 2.26. The first kappa shape index (κ1) is 17.2. The molecule has 0 unspecified atom stereocenters. The van der Waals surface area contributed by atoms with E-state index in [0.29, 0.717) is 12.0 Å².